The highest BCUT2D eigenvalue weighted by Gasteiger charge is 2.40. The molecular formula is C41H38N4O8. The van der Waals surface area contributed by atoms with E-state index in [1.165, 1.54) is 18.2 Å². The topological polar surface area (TPSA) is 193 Å². The van der Waals surface area contributed by atoms with Gasteiger partial charge in [0.25, 0.3) is 0 Å². The second kappa shape index (κ2) is 16.3. The van der Waals surface area contributed by atoms with E-state index in [4.69, 9.17) is 4.74 Å². The Morgan fingerprint density at radius 2 is 1.45 bits per heavy atom. The van der Waals surface area contributed by atoms with Crippen molar-refractivity contribution in [3.63, 3.8) is 0 Å². The number of pyridine rings is 1. The number of carbonyl (C=O) groups is 2. The Morgan fingerprint density at radius 3 is 2.19 bits per heavy atom. The summed E-state index contributed by atoms with van der Waals surface area (Å²) in [5.41, 5.74) is 1.98. The first-order valence-electron chi connectivity index (χ1n) is 16.8. The molecule has 0 aliphatic rings. The summed E-state index contributed by atoms with van der Waals surface area (Å²) in [6.07, 6.45) is -0.877. The van der Waals surface area contributed by atoms with Crippen LogP contribution in [0.3, 0.4) is 0 Å². The Bertz CT molecular complexity index is 2260. The number of carboxylic acid groups (broad SMARTS) is 1. The summed E-state index contributed by atoms with van der Waals surface area (Å²) in [5, 5.41) is 51.3. The van der Waals surface area contributed by atoms with Gasteiger partial charge in [0.05, 0.1) is 11.6 Å². The molecule has 5 aromatic carbocycles. The van der Waals surface area contributed by atoms with Crippen molar-refractivity contribution in [2.24, 2.45) is 0 Å². The number of hydrogen-bond donors (Lipinski definition) is 8. The molecule has 0 saturated carbocycles. The third-order valence-electron chi connectivity index (χ3n) is 8.78. The minimum atomic E-state index is -2.23. The van der Waals surface area contributed by atoms with Gasteiger partial charge in [0.1, 0.15) is 18.1 Å². The summed E-state index contributed by atoms with van der Waals surface area (Å²) < 4.78 is 5.91. The van der Waals surface area contributed by atoms with Gasteiger partial charge in [-0.15, -0.1) is 0 Å². The van der Waals surface area contributed by atoms with Crippen molar-refractivity contribution < 1.29 is 34.8 Å². The molecule has 53 heavy (non-hydrogen) atoms. The van der Waals surface area contributed by atoms with Crippen LogP contribution in [0.5, 0.6) is 11.5 Å². The lowest BCUT2D eigenvalue weighted by Gasteiger charge is -2.25. The van der Waals surface area contributed by atoms with Crippen LogP contribution in [0.25, 0.3) is 10.9 Å². The first-order valence-corrected chi connectivity index (χ1v) is 16.8. The van der Waals surface area contributed by atoms with Crippen LogP contribution in [0.4, 0.5) is 10.5 Å². The van der Waals surface area contributed by atoms with Crippen LogP contribution < -0.4 is 26.2 Å². The number of nitrogens with one attached hydrogen (secondary N) is 4. The van der Waals surface area contributed by atoms with Crippen molar-refractivity contribution in [1.82, 2.24) is 15.6 Å². The summed E-state index contributed by atoms with van der Waals surface area (Å²) in [7, 11) is 0. The van der Waals surface area contributed by atoms with Gasteiger partial charge in [-0.2, -0.15) is 0 Å². The molecule has 8 N–H and O–H groups in total. The van der Waals surface area contributed by atoms with E-state index in [0.717, 1.165) is 16.7 Å². The van der Waals surface area contributed by atoms with Gasteiger partial charge in [0.2, 0.25) is 11.2 Å². The molecule has 2 atom stereocenters. The minimum absolute atomic E-state index is 0.0670. The van der Waals surface area contributed by atoms with E-state index in [0.29, 0.717) is 35.5 Å². The number of carboxylic acids is 1. The highest BCUT2D eigenvalue weighted by atomic mass is 16.5. The lowest BCUT2D eigenvalue weighted by molar-refractivity contribution is -0.155. The van der Waals surface area contributed by atoms with Crippen LogP contribution in [0.15, 0.2) is 132 Å². The monoisotopic (exact) mass is 714 g/mol. The predicted octanol–water partition coefficient (Wildman–Crippen LogP) is 5.28. The Kier molecular flexibility index (Phi) is 11.1. The standard InChI is InChI=1S/C41H38N4O8/c46-35-19-17-33(34-18-20-37(48)45-38(34)35)36(47)24-42-22-26-13-15-31(16-14-26)44-40(51)43-23-27-9-11-28(12-10-27)25-53-32-8-4-7-30(21-32)41(52,39(49)50)29-5-2-1-3-6-29/h1-21,36,42,46-47,52H,22-25H2,(H,45,48)(H,49,50)(H2,43,44,51)/t36-,41-/m0/s1. The van der Waals surface area contributed by atoms with Gasteiger partial charge in [0, 0.05) is 42.3 Å². The number of ether oxygens (including phenoxy) is 1. The third kappa shape index (κ3) is 8.71. The highest BCUT2D eigenvalue weighted by molar-refractivity contribution is 5.89. The van der Waals surface area contributed by atoms with Crippen molar-refractivity contribution in [2.75, 3.05) is 11.9 Å². The molecule has 0 aliphatic heterocycles. The van der Waals surface area contributed by atoms with Gasteiger partial charge in [-0.05, 0) is 64.2 Å². The van der Waals surface area contributed by atoms with Gasteiger partial charge in [-0.25, -0.2) is 9.59 Å². The average Bonchev–Trinajstić information content (AvgIpc) is 3.17. The zero-order chi connectivity index (χ0) is 37.4. The largest absolute Gasteiger partial charge is 0.506 e. The molecule has 0 saturated heterocycles. The second-order valence-corrected chi connectivity index (χ2v) is 12.5. The van der Waals surface area contributed by atoms with Crippen LogP contribution in [-0.4, -0.2) is 44.0 Å². The molecule has 0 bridgehead atoms. The number of aromatic amines is 1. The molecule has 0 spiro atoms. The number of phenols is 1. The molecule has 1 heterocycles. The number of hydrogen-bond acceptors (Lipinski definition) is 8. The Labute approximate surface area is 304 Å². The molecule has 0 aliphatic carbocycles. The maximum Gasteiger partial charge on any atom is 0.345 e. The predicted molar refractivity (Wildman–Crippen MR) is 199 cm³/mol. The second-order valence-electron chi connectivity index (χ2n) is 12.5. The molecule has 6 aromatic rings. The van der Waals surface area contributed by atoms with Crippen molar-refractivity contribution >= 4 is 28.6 Å². The van der Waals surface area contributed by atoms with Gasteiger partial charge in [0.15, 0.2) is 0 Å². The molecule has 0 unspecified atom stereocenters. The van der Waals surface area contributed by atoms with Gasteiger partial charge in [-0.3, -0.25) is 4.79 Å². The van der Waals surface area contributed by atoms with E-state index in [2.05, 4.69) is 20.9 Å². The van der Waals surface area contributed by atoms with E-state index < -0.39 is 17.7 Å². The minimum Gasteiger partial charge on any atom is -0.506 e. The lowest BCUT2D eigenvalue weighted by atomic mass is 9.86. The number of aliphatic hydroxyl groups excluding tert-OH is 1. The third-order valence-corrected chi connectivity index (χ3v) is 8.78. The number of benzene rings is 5. The van der Waals surface area contributed by atoms with E-state index in [9.17, 15) is 34.8 Å². The van der Waals surface area contributed by atoms with Crippen molar-refractivity contribution in [2.45, 2.75) is 31.4 Å². The number of fused-ring (bicyclic) bond motifs is 1. The Balaban J connectivity index is 0.942. The summed E-state index contributed by atoms with van der Waals surface area (Å²) in [6.45, 7) is 1.20. The summed E-state index contributed by atoms with van der Waals surface area (Å²) in [6, 6.07) is 35.0. The Morgan fingerprint density at radius 1 is 0.774 bits per heavy atom. The highest BCUT2D eigenvalue weighted by Crippen LogP contribution is 2.32. The van der Waals surface area contributed by atoms with Crippen LogP contribution in [0.2, 0.25) is 0 Å². The molecule has 0 radical (unpaired) electrons. The van der Waals surface area contributed by atoms with E-state index in [1.807, 2.05) is 36.4 Å². The van der Waals surface area contributed by atoms with Crippen molar-refractivity contribution in [3.8, 4) is 11.5 Å². The number of phenolic OH excluding ortho intramolecular Hbond substituents is 1. The maximum atomic E-state index is 12.6. The molecule has 1 aromatic heterocycles. The first-order chi connectivity index (χ1) is 25.6. The van der Waals surface area contributed by atoms with Gasteiger partial charge >= 0.3 is 12.0 Å². The quantitative estimate of drug-likeness (QED) is 0.0742. The number of anilines is 1. The van der Waals surface area contributed by atoms with Crippen LogP contribution in [-0.2, 0) is 30.1 Å². The Hall–Kier alpha value is -6.47. The average molecular weight is 715 g/mol. The lowest BCUT2D eigenvalue weighted by Crippen LogP contribution is -2.36. The molecule has 12 heteroatoms. The fourth-order valence-electron chi connectivity index (χ4n) is 5.90. The van der Waals surface area contributed by atoms with E-state index in [1.54, 1.807) is 72.8 Å². The molecule has 6 rings (SSSR count). The summed E-state index contributed by atoms with van der Waals surface area (Å²) >= 11 is 0. The van der Waals surface area contributed by atoms with E-state index >= 15 is 0 Å². The molecule has 0 fully saturated rings. The number of H-pyrrole nitrogens is 1. The summed E-state index contributed by atoms with van der Waals surface area (Å²) in [4.78, 5) is 39.0. The smallest absolute Gasteiger partial charge is 0.345 e. The number of aromatic nitrogens is 1. The number of urea groups is 1. The SMILES string of the molecule is O=C(NCc1ccc(COc2cccc([C@](O)(C(=O)O)c3ccccc3)c2)cc1)Nc1ccc(CNC[C@H](O)c2ccc(O)c3[nH]c(=O)ccc23)cc1. The zero-order valence-electron chi connectivity index (χ0n) is 28.5. The van der Waals surface area contributed by atoms with Crippen LogP contribution >= 0.6 is 0 Å². The maximum absolute atomic E-state index is 12.6. The van der Waals surface area contributed by atoms with Crippen molar-refractivity contribution in [1.29, 1.82) is 0 Å². The number of carbonyl (C=O) groups excluding carboxylic acids is 1. The number of aromatic hydroxyl groups is 1. The fraction of sp³-hybridized carbons (Fsp3) is 0.146. The van der Waals surface area contributed by atoms with E-state index in [-0.39, 0.29) is 47.1 Å². The number of amides is 2. The number of aliphatic carboxylic acids is 1. The summed E-state index contributed by atoms with van der Waals surface area (Å²) in [5.74, 6) is -1.05. The normalized spacial score (nSPS) is 12.8. The fourth-order valence-corrected chi connectivity index (χ4v) is 5.90. The molecular weight excluding hydrogens is 676 g/mol. The zero-order valence-corrected chi connectivity index (χ0v) is 28.5. The molecule has 2 amide bonds. The molecule has 270 valence electrons. The van der Waals surface area contributed by atoms with Crippen LogP contribution in [0, 0.1) is 0 Å². The van der Waals surface area contributed by atoms with Crippen LogP contribution in [0.1, 0.15) is 39.5 Å². The number of aliphatic hydroxyl groups is 2. The van der Waals surface area contributed by atoms with Gasteiger partial charge < -0.3 is 46.1 Å². The number of rotatable bonds is 14. The molecule has 12 nitrogen and oxygen atoms in total. The van der Waals surface area contributed by atoms with Crippen molar-refractivity contribution in [3.05, 3.63) is 171 Å². The van der Waals surface area contributed by atoms with Gasteiger partial charge in [-0.1, -0.05) is 84.9 Å². The first kappa shape index (κ1) is 36.3.